The molecule has 5 aromatic rings. The average Bonchev–Trinajstić information content (AvgIpc) is 3.53. The third-order valence-electron chi connectivity index (χ3n) is 6.22. The quantitative estimate of drug-likeness (QED) is 0.120. The van der Waals surface area contributed by atoms with E-state index in [4.69, 9.17) is 0 Å². The molecule has 0 nitrogen and oxygen atoms in total. The third kappa shape index (κ3) is 13.1. The largest absolute Gasteiger partial charge is 0.184 e. The van der Waals surface area contributed by atoms with Crippen LogP contribution in [-0.2, 0) is 21.6 Å². The summed E-state index contributed by atoms with van der Waals surface area (Å²) in [6.45, 7) is 8.67. The van der Waals surface area contributed by atoms with Crippen molar-refractivity contribution in [2.24, 2.45) is 5.92 Å². The van der Waals surface area contributed by atoms with E-state index < -0.39 is 0 Å². The summed E-state index contributed by atoms with van der Waals surface area (Å²) >= 11 is 3.64. The van der Waals surface area contributed by atoms with Gasteiger partial charge in [0.15, 0.2) is 0 Å². The Balaban J connectivity index is 0.000000526. The van der Waals surface area contributed by atoms with Gasteiger partial charge in [-0.1, -0.05) is 68.7 Å². The summed E-state index contributed by atoms with van der Waals surface area (Å²) < 4.78 is 0. The van der Waals surface area contributed by atoms with Crippen molar-refractivity contribution in [3.8, 4) is 11.1 Å². The van der Waals surface area contributed by atoms with Gasteiger partial charge in [-0.15, -0.1) is 78.4 Å². The van der Waals surface area contributed by atoms with Gasteiger partial charge in [-0.25, -0.2) is 5.57 Å². The fraction of sp³-hybridized carbons (Fsp3) is 0.139. The van der Waals surface area contributed by atoms with Crippen molar-refractivity contribution in [1.29, 1.82) is 0 Å². The Morgan fingerprint density at radius 1 is 0.675 bits per heavy atom. The predicted molar refractivity (Wildman–Crippen MR) is 176 cm³/mol. The van der Waals surface area contributed by atoms with Gasteiger partial charge in [-0.05, 0) is 0 Å². The molecule has 5 aromatic carbocycles. The van der Waals surface area contributed by atoms with Crippen molar-refractivity contribution in [3.05, 3.63) is 162 Å². The van der Waals surface area contributed by atoms with Crippen LogP contribution in [0.1, 0.15) is 27.7 Å². The fourth-order valence-electron chi connectivity index (χ4n) is 3.87. The van der Waals surface area contributed by atoms with Crippen LogP contribution in [0.5, 0.6) is 0 Å². The van der Waals surface area contributed by atoms with Gasteiger partial charge in [-0.3, -0.25) is 6.08 Å². The molecule has 1 unspecified atom stereocenters. The van der Waals surface area contributed by atoms with Crippen molar-refractivity contribution in [2.45, 2.75) is 27.7 Å². The summed E-state index contributed by atoms with van der Waals surface area (Å²) in [5.74, 6) is 0.560. The van der Waals surface area contributed by atoms with Gasteiger partial charge in [0, 0.05) is 0 Å². The van der Waals surface area contributed by atoms with E-state index in [0.29, 0.717) is 5.92 Å². The van der Waals surface area contributed by atoms with Crippen LogP contribution >= 0.6 is 24.8 Å². The van der Waals surface area contributed by atoms with Crippen LogP contribution in [0, 0.1) is 24.1 Å². The Labute approximate surface area is 274 Å². The Morgan fingerprint density at radius 3 is 1.52 bits per heavy atom. The molecule has 1 aliphatic rings. The molecule has 0 saturated heterocycles. The zero-order chi connectivity index (χ0) is 27.6. The van der Waals surface area contributed by atoms with Gasteiger partial charge in [0.05, 0.1) is 0 Å². The summed E-state index contributed by atoms with van der Waals surface area (Å²) in [6.07, 6.45) is 3.36. The first-order valence-electron chi connectivity index (χ1n) is 12.6. The summed E-state index contributed by atoms with van der Waals surface area (Å²) in [4.78, 5) is 0. The summed E-state index contributed by atoms with van der Waals surface area (Å²) in [6, 6.07) is 48.4. The average molecular weight is 703 g/mol. The normalized spacial score (nSPS) is 12.6. The van der Waals surface area contributed by atoms with Crippen LogP contribution < -0.4 is 0 Å². The number of rotatable bonds is 1. The van der Waals surface area contributed by atoms with E-state index in [2.05, 4.69) is 125 Å². The molecule has 206 valence electrons. The standard InChI is InChI=1S/C15H11.C9H13.2C6H5.2ClH.Ge.Zr/c1-2-6-12(7-3-1)15-11-10-13-8-4-5-9-14(13)15;1-6-5-7(2)9(4)8(6)3;2*1-2-4-6-5-3-1;;;;/h1-11H;6H,1-4H3;2*1-5H;2*1H;;/q4*-1;;;;. The SMILES string of the molecule is CC1=[C-]C(C)C(C)=C1C.Cl.Cl.[Ge]=[Zr].[c-]1ccccc1.[c-]1ccccc1.c1ccc(-c2c[cH-]c3ccccc23)cc1. The molecular formula is C36H36Cl2GeZr-4. The predicted octanol–water partition coefficient (Wildman–Crippen LogP) is 10.4. The second-order valence-corrected chi connectivity index (χ2v) is 8.65. The molecular weight excluding hydrogens is 667 g/mol. The van der Waals surface area contributed by atoms with Crippen molar-refractivity contribution < 1.29 is 21.6 Å². The zero-order valence-electron chi connectivity index (χ0n) is 23.5. The Kier molecular flexibility index (Phi) is 21.5. The summed E-state index contributed by atoms with van der Waals surface area (Å²) in [7, 11) is 0. The monoisotopic (exact) mass is 702 g/mol. The first-order chi connectivity index (χ1) is 18.6. The Hall–Kier alpha value is -2.02. The van der Waals surface area contributed by atoms with Crippen molar-refractivity contribution in [3.63, 3.8) is 0 Å². The number of benzene rings is 4. The van der Waals surface area contributed by atoms with Crippen molar-refractivity contribution >= 4 is 47.7 Å². The van der Waals surface area contributed by atoms with Crippen LogP contribution in [0.4, 0.5) is 0 Å². The van der Waals surface area contributed by atoms with Gasteiger partial charge in [0.2, 0.25) is 0 Å². The number of allylic oxidation sites excluding steroid dienone is 4. The van der Waals surface area contributed by atoms with Gasteiger partial charge in [-0.2, -0.15) is 83.9 Å². The van der Waals surface area contributed by atoms with E-state index in [-0.39, 0.29) is 24.8 Å². The molecule has 1 aliphatic carbocycles. The molecule has 0 saturated carbocycles. The van der Waals surface area contributed by atoms with E-state index in [0.717, 1.165) is 0 Å². The molecule has 0 heterocycles. The van der Waals surface area contributed by atoms with E-state index in [1.807, 2.05) is 60.7 Å². The van der Waals surface area contributed by atoms with E-state index in [9.17, 15) is 0 Å². The minimum atomic E-state index is 0. The van der Waals surface area contributed by atoms with Gasteiger partial charge >= 0.3 is 33.7 Å². The number of fused-ring (bicyclic) bond motifs is 1. The van der Waals surface area contributed by atoms with Crippen LogP contribution in [0.2, 0.25) is 0 Å². The molecule has 40 heavy (non-hydrogen) atoms. The molecule has 0 spiro atoms. The number of hydrogen-bond acceptors (Lipinski definition) is 0. The molecule has 0 N–H and O–H groups in total. The molecule has 4 heteroatoms. The maximum Gasteiger partial charge on any atom is -0.0623 e. The summed E-state index contributed by atoms with van der Waals surface area (Å²) in [5.41, 5.74) is 6.86. The summed E-state index contributed by atoms with van der Waals surface area (Å²) in [5, 5.41) is 2.65. The van der Waals surface area contributed by atoms with Crippen molar-refractivity contribution in [1.82, 2.24) is 0 Å². The molecule has 0 aliphatic heterocycles. The van der Waals surface area contributed by atoms with Crippen LogP contribution in [0.3, 0.4) is 0 Å². The topological polar surface area (TPSA) is 0 Å². The Morgan fingerprint density at radius 2 is 1.15 bits per heavy atom. The first-order valence-corrected chi connectivity index (χ1v) is 20.1. The zero-order valence-corrected chi connectivity index (χ0v) is 29.7. The molecule has 0 amide bonds. The molecule has 2 radical (unpaired) electrons. The first kappa shape index (κ1) is 38.0. The smallest absolute Gasteiger partial charge is 0.0623 e. The van der Waals surface area contributed by atoms with Gasteiger partial charge in [0.1, 0.15) is 0 Å². The number of halogens is 2. The molecule has 0 aromatic heterocycles. The maximum atomic E-state index is 3.36. The van der Waals surface area contributed by atoms with Crippen LogP contribution in [-0.4, -0.2) is 12.1 Å². The van der Waals surface area contributed by atoms with Crippen LogP contribution in [0.25, 0.3) is 21.9 Å². The third-order valence-corrected chi connectivity index (χ3v) is 6.22. The Bertz CT molecular complexity index is 1290. The second-order valence-electron chi connectivity index (χ2n) is 8.65. The number of hydrogen-bond donors (Lipinski definition) is 0. The van der Waals surface area contributed by atoms with Gasteiger partial charge in [0.25, 0.3) is 0 Å². The van der Waals surface area contributed by atoms with Gasteiger partial charge < -0.3 is 0 Å². The maximum absolute atomic E-state index is 3.36. The van der Waals surface area contributed by atoms with E-state index in [1.54, 1.807) is 21.6 Å². The van der Waals surface area contributed by atoms with Crippen molar-refractivity contribution in [2.75, 3.05) is 0 Å². The molecule has 6 rings (SSSR count). The molecule has 0 fully saturated rings. The van der Waals surface area contributed by atoms with E-state index in [1.165, 1.54) is 38.6 Å². The van der Waals surface area contributed by atoms with Crippen LogP contribution in [0.15, 0.2) is 144 Å². The minimum absolute atomic E-state index is 0. The fourth-order valence-corrected chi connectivity index (χ4v) is 3.87. The molecule has 1 atom stereocenters. The minimum Gasteiger partial charge on any atom is -0.184 e. The molecule has 0 bridgehead atoms. The second kappa shape index (κ2) is 22.6. The van der Waals surface area contributed by atoms with E-state index >= 15 is 0 Å².